The van der Waals surface area contributed by atoms with Crippen molar-refractivity contribution in [1.29, 1.82) is 0 Å². The number of esters is 2. The molecule has 7 nitrogen and oxygen atoms in total. The standard InChI is InChI=1S/C6H12O2.C5H10O2.C4H7ClO.C4H8O2.C2H6.4H2/c1-3-5-6(7)8-4-2;1-3-5(6)7-4-2;2*1-2-3-4(5)6;1-2;;;;/h3-5H2,1-2H3;3-4H2,1-2H3;2-3H2,1H3;2-3H2,1H3,(H,5,6);1-2H3;4*1H/i;;;;;4*1+2. The summed E-state index contributed by atoms with van der Waals surface area (Å²) in [4.78, 5) is 40.0. The number of carboxylic acids is 1. The number of halogens is 1. The zero-order chi connectivity index (χ0) is 24.1. The van der Waals surface area contributed by atoms with E-state index in [2.05, 4.69) is 9.47 Å². The summed E-state index contributed by atoms with van der Waals surface area (Å²) in [6, 6.07) is 0. The summed E-state index contributed by atoms with van der Waals surface area (Å²) in [5.74, 6) is -0.921. The van der Waals surface area contributed by atoms with Crippen molar-refractivity contribution in [3.8, 4) is 0 Å². The molecule has 29 heavy (non-hydrogen) atoms. The largest absolute Gasteiger partial charge is 0.481 e. The van der Waals surface area contributed by atoms with Crippen molar-refractivity contribution in [3.63, 3.8) is 0 Å². The van der Waals surface area contributed by atoms with Gasteiger partial charge >= 0.3 is 17.9 Å². The first kappa shape index (κ1) is 38.0. The number of aliphatic carboxylic acids is 1. The fourth-order valence-corrected chi connectivity index (χ4v) is 1.30. The molecule has 0 amide bonds. The van der Waals surface area contributed by atoms with E-state index in [1.807, 2.05) is 41.5 Å². The first-order valence-corrected chi connectivity index (χ1v) is 10.7. The summed E-state index contributed by atoms with van der Waals surface area (Å²) in [5, 5.41) is 7.68. The highest BCUT2D eigenvalue weighted by Crippen LogP contribution is 1.90. The van der Waals surface area contributed by atoms with Crippen LogP contribution in [0.5, 0.6) is 0 Å². The number of carboxylic acid groups (broad SMARTS) is 1. The van der Waals surface area contributed by atoms with E-state index in [4.69, 9.17) is 16.7 Å². The molecule has 0 heterocycles. The molecule has 0 aromatic heterocycles. The number of carbonyl (C=O) groups excluding carboxylic acids is 3. The van der Waals surface area contributed by atoms with Gasteiger partial charge in [-0.1, -0.05) is 41.5 Å². The van der Waals surface area contributed by atoms with E-state index in [0.29, 0.717) is 38.9 Å². The Morgan fingerprint density at radius 2 is 1.10 bits per heavy atom. The molecule has 0 atom stereocenters. The molecule has 0 unspecified atom stereocenters. The summed E-state index contributed by atoms with van der Waals surface area (Å²) < 4.78 is 9.20. The Morgan fingerprint density at radius 3 is 1.24 bits per heavy atom. The van der Waals surface area contributed by atoms with Crippen LogP contribution in [0, 0.1) is 0 Å². The van der Waals surface area contributed by atoms with Crippen molar-refractivity contribution in [1.82, 2.24) is 0 Å². The van der Waals surface area contributed by atoms with E-state index in [1.54, 1.807) is 13.8 Å². The van der Waals surface area contributed by atoms with Gasteiger partial charge in [-0.3, -0.25) is 19.2 Å². The Labute approximate surface area is 188 Å². The van der Waals surface area contributed by atoms with Gasteiger partial charge in [0, 0.05) is 31.4 Å². The third-order valence-corrected chi connectivity index (χ3v) is 2.45. The maximum atomic E-state index is 10.4. The minimum absolute atomic E-state index is 0. The zero-order valence-electron chi connectivity index (χ0n) is 19.6. The van der Waals surface area contributed by atoms with Gasteiger partial charge < -0.3 is 14.6 Å². The molecule has 0 saturated carbocycles. The summed E-state index contributed by atoms with van der Waals surface area (Å²) >= 11 is 4.94. The lowest BCUT2D eigenvalue weighted by atomic mass is 10.3. The van der Waals surface area contributed by atoms with E-state index in [-0.39, 0.29) is 22.9 Å². The van der Waals surface area contributed by atoms with Gasteiger partial charge in [0.15, 0.2) is 0 Å². The SMILES string of the molecule is CC.CCCC(=O)Cl.CCCC(=O)O.CCCC(=O)OCC.CCOC(=O)CC.[3HH].[3HH].[3HH].[3HH]. The lowest BCUT2D eigenvalue weighted by Gasteiger charge is -1.96. The van der Waals surface area contributed by atoms with Gasteiger partial charge in [0.25, 0.3) is 0 Å². The number of hydrogen-bond acceptors (Lipinski definition) is 6. The lowest BCUT2D eigenvalue weighted by molar-refractivity contribution is -0.143. The molecule has 0 aliphatic rings. The molecular weight excluding hydrogens is 400 g/mol. The van der Waals surface area contributed by atoms with Gasteiger partial charge in [0.05, 0.1) is 13.2 Å². The van der Waals surface area contributed by atoms with Crippen LogP contribution in [0.4, 0.5) is 0 Å². The number of ether oxygens (including phenoxy) is 2. The molecule has 0 spiro atoms. The quantitative estimate of drug-likeness (QED) is 0.301. The van der Waals surface area contributed by atoms with E-state index < -0.39 is 5.97 Å². The van der Waals surface area contributed by atoms with Crippen LogP contribution < -0.4 is 0 Å². The van der Waals surface area contributed by atoms with Crippen molar-refractivity contribution in [3.05, 3.63) is 0 Å². The van der Waals surface area contributed by atoms with Gasteiger partial charge in [-0.25, -0.2) is 0 Å². The van der Waals surface area contributed by atoms with Gasteiger partial charge in [-0.05, 0) is 44.7 Å². The maximum Gasteiger partial charge on any atom is 0.305 e. The second kappa shape index (κ2) is 37.2. The van der Waals surface area contributed by atoms with E-state index in [9.17, 15) is 19.2 Å². The Morgan fingerprint density at radius 1 is 0.724 bits per heavy atom. The van der Waals surface area contributed by atoms with Crippen molar-refractivity contribution in [2.24, 2.45) is 0 Å². The van der Waals surface area contributed by atoms with Crippen molar-refractivity contribution in [2.75, 3.05) is 13.2 Å². The Hall–Kier alpha value is -1.63. The molecule has 0 fully saturated rings. The Kier molecular flexibility index (Phi) is 48.7. The topological polar surface area (TPSA) is 107 Å². The summed E-state index contributed by atoms with van der Waals surface area (Å²) in [7, 11) is 0. The van der Waals surface area contributed by atoms with Gasteiger partial charge in [0.2, 0.25) is 5.24 Å². The fourth-order valence-electron chi connectivity index (χ4n) is 1.11. The highest BCUT2D eigenvalue weighted by atomic mass is 35.5. The highest BCUT2D eigenvalue weighted by molar-refractivity contribution is 6.63. The monoisotopic (exact) mass is 458 g/mol. The van der Waals surface area contributed by atoms with Crippen LogP contribution in [0.25, 0.3) is 0 Å². The molecule has 184 valence electrons. The fraction of sp³-hybridized carbons (Fsp3) is 0.810. The van der Waals surface area contributed by atoms with Crippen LogP contribution in [0.15, 0.2) is 0 Å². The average molecular weight is 459 g/mol. The molecule has 0 rings (SSSR count). The lowest BCUT2D eigenvalue weighted by Crippen LogP contribution is -2.01. The molecule has 8 heteroatoms. The van der Waals surface area contributed by atoms with E-state index in [0.717, 1.165) is 19.3 Å². The molecule has 0 bridgehead atoms. The van der Waals surface area contributed by atoms with E-state index >= 15 is 0 Å². The van der Waals surface area contributed by atoms with Crippen LogP contribution in [0.3, 0.4) is 0 Å². The maximum absolute atomic E-state index is 10.4. The molecular formula is C21H51ClO7. The molecule has 0 radical (unpaired) electrons. The Bertz CT molecular complexity index is 366. The van der Waals surface area contributed by atoms with Gasteiger partial charge in [-0.15, -0.1) is 0 Å². The van der Waals surface area contributed by atoms with Crippen LogP contribution in [0.1, 0.15) is 106 Å². The predicted octanol–water partition coefficient (Wildman–Crippen LogP) is 6.74. The first-order chi connectivity index (χ1) is 13.7. The molecule has 0 aromatic carbocycles. The summed E-state index contributed by atoms with van der Waals surface area (Å²) in [6.45, 7) is 16.1. The van der Waals surface area contributed by atoms with Crippen LogP contribution in [0.2, 0.25) is 0 Å². The predicted molar refractivity (Wildman–Crippen MR) is 127 cm³/mol. The molecule has 0 aliphatic heterocycles. The summed E-state index contributed by atoms with van der Waals surface area (Å²) in [6.07, 6.45) is 4.28. The van der Waals surface area contributed by atoms with Crippen LogP contribution >= 0.6 is 11.6 Å². The zero-order valence-corrected chi connectivity index (χ0v) is 20.4. The second-order valence-corrected chi connectivity index (χ2v) is 5.38. The third-order valence-electron chi connectivity index (χ3n) is 2.26. The number of carbonyl (C=O) groups is 4. The van der Waals surface area contributed by atoms with Crippen molar-refractivity contribution in [2.45, 2.75) is 100 Å². The first-order valence-electron chi connectivity index (χ1n) is 10.4. The smallest absolute Gasteiger partial charge is 0.305 e. The minimum atomic E-state index is -0.711. The van der Waals surface area contributed by atoms with Crippen molar-refractivity contribution < 1.29 is 39.5 Å². The second-order valence-electron chi connectivity index (χ2n) is 4.96. The third kappa shape index (κ3) is 66.3. The van der Waals surface area contributed by atoms with Gasteiger partial charge in [0.1, 0.15) is 0 Å². The summed E-state index contributed by atoms with van der Waals surface area (Å²) in [5.41, 5.74) is 0. The minimum Gasteiger partial charge on any atom is -0.481 e. The van der Waals surface area contributed by atoms with E-state index in [1.165, 1.54) is 0 Å². The normalized spacial score (nSPS) is 8.03. The molecule has 0 aromatic rings. The van der Waals surface area contributed by atoms with Gasteiger partial charge in [-0.2, -0.15) is 0 Å². The van der Waals surface area contributed by atoms with Crippen LogP contribution in [-0.4, -0.2) is 41.5 Å². The number of rotatable bonds is 9. The van der Waals surface area contributed by atoms with Crippen molar-refractivity contribution >= 4 is 34.8 Å². The highest BCUT2D eigenvalue weighted by Gasteiger charge is 1.95. The van der Waals surface area contributed by atoms with Crippen LogP contribution in [-0.2, 0) is 28.7 Å². The average Bonchev–Trinajstić information content (AvgIpc) is 2.65. The Balaban J connectivity index is -0.0000000313. The molecule has 0 aliphatic carbocycles. The molecule has 1 N–H and O–H groups in total. The molecule has 0 saturated heterocycles. The number of hydrogen-bond donors (Lipinski definition) is 1.